The van der Waals surface area contributed by atoms with Crippen LogP contribution in [0, 0.1) is 12.3 Å². The van der Waals surface area contributed by atoms with Crippen LogP contribution in [0.1, 0.15) is 36.6 Å². The zero-order valence-corrected chi connectivity index (χ0v) is 22.3. The van der Waals surface area contributed by atoms with Crippen LogP contribution in [0.2, 0.25) is 0 Å². The zero-order chi connectivity index (χ0) is 26.3. The largest absolute Gasteiger partial charge is 0.496 e. The normalized spacial score (nSPS) is 15.1. The average molecular weight is 535 g/mol. The van der Waals surface area contributed by atoms with Gasteiger partial charge in [0, 0.05) is 17.2 Å². The molecule has 0 aliphatic heterocycles. The highest BCUT2D eigenvalue weighted by atomic mass is 32.2. The Balaban J connectivity index is 1.81. The van der Waals surface area contributed by atoms with Gasteiger partial charge in [0.1, 0.15) is 5.75 Å². The van der Waals surface area contributed by atoms with Crippen molar-refractivity contribution in [2.24, 2.45) is 5.41 Å². The topological polar surface area (TPSA) is 121 Å². The van der Waals surface area contributed by atoms with Gasteiger partial charge >= 0.3 is 0 Å². The maximum atomic E-state index is 13.8. The first-order valence-corrected chi connectivity index (χ1v) is 14.8. The van der Waals surface area contributed by atoms with E-state index in [1.807, 2.05) is 13.8 Å². The number of hydrogen-bond donors (Lipinski definition) is 1. The van der Waals surface area contributed by atoms with Crippen LogP contribution in [0.5, 0.6) is 5.75 Å². The van der Waals surface area contributed by atoms with E-state index in [1.165, 1.54) is 11.1 Å². The van der Waals surface area contributed by atoms with E-state index in [9.17, 15) is 21.6 Å². The molecule has 0 saturated heterocycles. The number of carbonyl (C=O) groups is 1. The van der Waals surface area contributed by atoms with Crippen molar-refractivity contribution in [1.29, 1.82) is 0 Å². The number of aromatic nitrogens is 1. The SMILES string of the molecule is COc1cc2cc(CNC(=O)C3(C)CC3)n(S(=O)(=O)c3ccc(C)cc3)c2cc1CCOS(C)(=O)=O. The zero-order valence-electron chi connectivity index (χ0n) is 20.7. The number of aryl methyl sites for hydroxylation is 1. The number of nitrogens with one attached hydrogen (secondary N) is 1. The maximum absolute atomic E-state index is 13.8. The summed E-state index contributed by atoms with van der Waals surface area (Å²) in [6.45, 7) is 3.67. The standard InChI is InChI=1S/C25H30N2O7S2/c1-17-5-7-21(8-6-17)36(31,32)27-20(16-26-24(28)25(2)10-11-25)13-19-15-23(33-3)18(14-22(19)27)9-12-34-35(4,29)30/h5-8,13-15H,9-12,16H2,1-4H3,(H,26,28). The fourth-order valence-corrected chi connectivity index (χ4v) is 5.94. The summed E-state index contributed by atoms with van der Waals surface area (Å²) >= 11 is 0. The first kappa shape index (κ1) is 26.2. The van der Waals surface area contributed by atoms with Crippen LogP contribution in [0.15, 0.2) is 47.4 Å². The molecule has 1 aromatic heterocycles. The lowest BCUT2D eigenvalue weighted by atomic mass is 10.1. The van der Waals surface area contributed by atoms with Crippen LogP contribution in [0.4, 0.5) is 0 Å². The fourth-order valence-electron chi connectivity index (χ4n) is 4.02. The smallest absolute Gasteiger partial charge is 0.268 e. The van der Waals surface area contributed by atoms with Crippen LogP contribution in [-0.4, -0.2) is 46.7 Å². The Labute approximate surface area is 211 Å². The number of carbonyl (C=O) groups excluding carboxylic acids is 1. The molecule has 4 rings (SSSR count). The Morgan fingerprint density at radius 2 is 1.75 bits per heavy atom. The summed E-state index contributed by atoms with van der Waals surface area (Å²) in [4.78, 5) is 12.7. The lowest BCUT2D eigenvalue weighted by Crippen LogP contribution is -2.31. The van der Waals surface area contributed by atoms with Crippen molar-refractivity contribution in [3.05, 3.63) is 59.3 Å². The van der Waals surface area contributed by atoms with E-state index in [-0.39, 0.29) is 30.4 Å². The van der Waals surface area contributed by atoms with E-state index in [0.29, 0.717) is 27.9 Å². The number of hydrogen-bond acceptors (Lipinski definition) is 7. The molecule has 1 aliphatic rings. The van der Waals surface area contributed by atoms with Gasteiger partial charge in [-0.05, 0) is 55.7 Å². The van der Waals surface area contributed by atoms with Crippen molar-refractivity contribution in [3.63, 3.8) is 0 Å². The molecule has 1 fully saturated rings. The van der Waals surface area contributed by atoms with Crippen molar-refractivity contribution in [3.8, 4) is 5.75 Å². The number of fused-ring (bicyclic) bond motifs is 1. The highest BCUT2D eigenvalue weighted by Crippen LogP contribution is 2.45. The minimum atomic E-state index is -4.02. The molecule has 0 radical (unpaired) electrons. The van der Waals surface area contributed by atoms with Crippen molar-refractivity contribution in [1.82, 2.24) is 9.29 Å². The summed E-state index contributed by atoms with van der Waals surface area (Å²) in [7, 11) is -6.16. The Bertz CT molecular complexity index is 1520. The van der Waals surface area contributed by atoms with Crippen LogP contribution in [0.3, 0.4) is 0 Å². The Kier molecular flexibility index (Phi) is 6.93. The van der Waals surface area contributed by atoms with E-state index < -0.39 is 25.6 Å². The molecule has 3 aromatic rings. The van der Waals surface area contributed by atoms with Gasteiger partial charge in [-0.15, -0.1) is 0 Å². The highest BCUT2D eigenvalue weighted by molar-refractivity contribution is 7.90. The molecule has 1 aliphatic carbocycles. The number of ether oxygens (including phenoxy) is 1. The summed E-state index contributed by atoms with van der Waals surface area (Å²) in [6.07, 6.45) is 2.76. The second-order valence-electron chi connectivity index (χ2n) is 9.46. The minimum absolute atomic E-state index is 0.0308. The first-order valence-electron chi connectivity index (χ1n) is 11.5. The Morgan fingerprint density at radius 3 is 2.33 bits per heavy atom. The molecule has 1 N–H and O–H groups in total. The quantitative estimate of drug-likeness (QED) is 0.397. The fraction of sp³-hybridized carbons (Fsp3) is 0.400. The Morgan fingerprint density at radius 1 is 1.08 bits per heavy atom. The molecule has 1 saturated carbocycles. The molecule has 9 nitrogen and oxygen atoms in total. The van der Waals surface area contributed by atoms with Gasteiger partial charge in [0.25, 0.3) is 20.1 Å². The third kappa shape index (κ3) is 5.42. The van der Waals surface area contributed by atoms with Gasteiger partial charge in [-0.3, -0.25) is 8.98 Å². The monoisotopic (exact) mass is 534 g/mol. The molecule has 0 unspecified atom stereocenters. The number of methoxy groups -OCH3 is 1. The van der Waals surface area contributed by atoms with E-state index in [2.05, 4.69) is 5.32 Å². The van der Waals surface area contributed by atoms with E-state index in [0.717, 1.165) is 24.7 Å². The van der Waals surface area contributed by atoms with Gasteiger partial charge in [0.05, 0.1) is 42.6 Å². The van der Waals surface area contributed by atoms with Crippen LogP contribution in [-0.2, 0) is 42.1 Å². The summed E-state index contributed by atoms with van der Waals surface area (Å²) in [5.74, 6) is 0.369. The van der Waals surface area contributed by atoms with Crippen molar-refractivity contribution < 1.29 is 30.6 Å². The molecule has 11 heteroatoms. The molecule has 1 amide bonds. The van der Waals surface area contributed by atoms with Gasteiger partial charge in [0.2, 0.25) is 5.91 Å². The van der Waals surface area contributed by atoms with Crippen molar-refractivity contribution in [2.45, 2.75) is 44.6 Å². The highest BCUT2D eigenvalue weighted by Gasteiger charge is 2.44. The molecular weight excluding hydrogens is 504 g/mol. The van der Waals surface area contributed by atoms with Crippen LogP contribution < -0.4 is 10.1 Å². The molecule has 0 bridgehead atoms. The van der Waals surface area contributed by atoms with Gasteiger partial charge in [0.15, 0.2) is 0 Å². The first-order chi connectivity index (χ1) is 16.8. The third-order valence-corrected chi connectivity index (χ3v) is 8.81. The lowest BCUT2D eigenvalue weighted by Gasteiger charge is -2.15. The maximum Gasteiger partial charge on any atom is 0.268 e. The molecule has 194 valence electrons. The van der Waals surface area contributed by atoms with E-state index >= 15 is 0 Å². The number of rotatable bonds is 10. The minimum Gasteiger partial charge on any atom is -0.496 e. The molecule has 0 spiro atoms. The third-order valence-electron chi connectivity index (χ3n) is 6.44. The number of nitrogens with zero attached hydrogens (tertiary/aromatic N) is 1. The van der Waals surface area contributed by atoms with Crippen molar-refractivity contribution in [2.75, 3.05) is 20.0 Å². The summed E-state index contributed by atoms with van der Waals surface area (Å²) in [6, 6.07) is 11.6. The summed E-state index contributed by atoms with van der Waals surface area (Å²) in [5, 5.41) is 3.50. The van der Waals surface area contributed by atoms with Crippen LogP contribution >= 0.6 is 0 Å². The molecule has 1 heterocycles. The second-order valence-corrected chi connectivity index (χ2v) is 12.9. The molecular formula is C25H30N2O7S2. The summed E-state index contributed by atoms with van der Waals surface area (Å²) in [5.41, 5.74) is 1.91. The molecule has 36 heavy (non-hydrogen) atoms. The van der Waals surface area contributed by atoms with Crippen LogP contribution in [0.25, 0.3) is 10.9 Å². The lowest BCUT2D eigenvalue weighted by molar-refractivity contribution is -0.125. The van der Waals surface area contributed by atoms with Gasteiger partial charge in [-0.2, -0.15) is 8.42 Å². The summed E-state index contributed by atoms with van der Waals surface area (Å²) < 4.78 is 62.0. The predicted octanol–water partition coefficient (Wildman–Crippen LogP) is 3.13. The van der Waals surface area contributed by atoms with Gasteiger partial charge < -0.3 is 10.1 Å². The van der Waals surface area contributed by atoms with Gasteiger partial charge in [-0.1, -0.05) is 24.6 Å². The Hall–Kier alpha value is -2.89. The average Bonchev–Trinajstić information content (AvgIpc) is 3.45. The number of benzene rings is 2. The molecule has 0 atom stereocenters. The number of amides is 1. The van der Waals surface area contributed by atoms with Gasteiger partial charge in [-0.25, -0.2) is 12.4 Å². The van der Waals surface area contributed by atoms with Crippen molar-refractivity contribution >= 4 is 37.0 Å². The van der Waals surface area contributed by atoms with E-state index in [4.69, 9.17) is 8.92 Å². The molecule has 2 aromatic carbocycles. The second kappa shape index (κ2) is 9.53. The predicted molar refractivity (Wildman–Crippen MR) is 136 cm³/mol. The van der Waals surface area contributed by atoms with E-state index in [1.54, 1.807) is 42.5 Å².